The van der Waals surface area contributed by atoms with Gasteiger partial charge in [-0.1, -0.05) is 12.1 Å². The van der Waals surface area contributed by atoms with E-state index in [9.17, 15) is 9.18 Å². The van der Waals surface area contributed by atoms with Crippen molar-refractivity contribution in [3.05, 3.63) is 35.6 Å². The first-order chi connectivity index (χ1) is 10.7. The highest BCUT2D eigenvalue weighted by molar-refractivity contribution is 5.77. The lowest BCUT2D eigenvalue weighted by Crippen LogP contribution is -2.48. The number of nitrogens with one attached hydrogen (secondary N) is 1. The van der Waals surface area contributed by atoms with Crippen LogP contribution in [0.2, 0.25) is 0 Å². The molecule has 0 aliphatic carbocycles. The van der Waals surface area contributed by atoms with Crippen molar-refractivity contribution in [3.8, 4) is 0 Å². The Balaban J connectivity index is 1.93. The van der Waals surface area contributed by atoms with Crippen LogP contribution in [0.15, 0.2) is 24.3 Å². The fourth-order valence-electron chi connectivity index (χ4n) is 2.56. The summed E-state index contributed by atoms with van der Waals surface area (Å²) < 4.78 is 23.7. The van der Waals surface area contributed by atoms with Gasteiger partial charge in [-0.15, -0.1) is 0 Å². The Bertz CT molecular complexity index is 484. The molecule has 0 spiro atoms. The van der Waals surface area contributed by atoms with Crippen LogP contribution in [0.25, 0.3) is 0 Å². The summed E-state index contributed by atoms with van der Waals surface area (Å²) in [5.41, 5.74) is 0.820. The molecule has 1 aliphatic rings. The van der Waals surface area contributed by atoms with Crippen molar-refractivity contribution >= 4 is 5.91 Å². The lowest BCUT2D eigenvalue weighted by atomic mass is 10.0. The predicted octanol–water partition coefficient (Wildman–Crippen LogP) is 1.35. The lowest BCUT2D eigenvalue weighted by molar-refractivity contribution is -0.135. The molecule has 0 aromatic heterocycles. The second-order valence-electron chi connectivity index (χ2n) is 5.22. The number of ether oxygens (including phenoxy) is 2. The fraction of sp³-hybridized carbons (Fsp3) is 0.562. The minimum Gasteiger partial charge on any atom is -0.382 e. The fourth-order valence-corrected chi connectivity index (χ4v) is 2.56. The zero-order valence-corrected chi connectivity index (χ0v) is 12.9. The Kier molecular flexibility index (Phi) is 6.76. The second-order valence-corrected chi connectivity index (χ2v) is 5.22. The molecule has 6 heteroatoms. The molecule has 22 heavy (non-hydrogen) atoms. The Morgan fingerprint density at radius 2 is 2.27 bits per heavy atom. The average molecular weight is 310 g/mol. The first-order valence-corrected chi connectivity index (χ1v) is 7.54. The molecule has 1 aliphatic heterocycles. The van der Waals surface area contributed by atoms with Crippen LogP contribution in [0.1, 0.15) is 18.0 Å². The van der Waals surface area contributed by atoms with E-state index in [0.717, 1.165) is 12.1 Å². The normalized spacial score (nSPS) is 18.5. The summed E-state index contributed by atoms with van der Waals surface area (Å²) in [5, 5.41) is 3.26. The third-order valence-corrected chi connectivity index (χ3v) is 3.69. The summed E-state index contributed by atoms with van der Waals surface area (Å²) >= 11 is 0. The van der Waals surface area contributed by atoms with Gasteiger partial charge in [-0.3, -0.25) is 4.79 Å². The maximum absolute atomic E-state index is 13.4. The van der Waals surface area contributed by atoms with Crippen LogP contribution < -0.4 is 5.32 Å². The van der Waals surface area contributed by atoms with Crippen LogP contribution in [0.3, 0.4) is 0 Å². The molecule has 0 bridgehead atoms. The summed E-state index contributed by atoms with van der Waals surface area (Å²) in [7, 11) is 1.61. The van der Waals surface area contributed by atoms with Crippen molar-refractivity contribution in [3.63, 3.8) is 0 Å². The Labute approximate surface area is 130 Å². The van der Waals surface area contributed by atoms with Crippen LogP contribution in [-0.2, 0) is 14.3 Å². The molecule has 122 valence electrons. The molecule has 1 aromatic carbocycles. The first kappa shape index (κ1) is 16.9. The number of nitrogens with zero attached hydrogens (tertiary/aromatic N) is 1. The molecule has 0 radical (unpaired) electrons. The van der Waals surface area contributed by atoms with Crippen molar-refractivity contribution in [2.45, 2.75) is 12.5 Å². The maximum Gasteiger partial charge on any atom is 0.225 e. The smallest absolute Gasteiger partial charge is 0.225 e. The van der Waals surface area contributed by atoms with Gasteiger partial charge in [0, 0.05) is 26.7 Å². The van der Waals surface area contributed by atoms with E-state index >= 15 is 0 Å². The lowest BCUT2D eigenvalue weighted by Gasteiger charge is -2.36. The molecular formula is C16H23FN2O3. The molecular weight excluding hydrogens is 287 g/mol. The molecule has 1 N–H and O–H groups in total. The Hall–Kier alpha value is -1.50. The van der Waals surface area contributed by atoms with E-state index in [2.05, 4.69) is 5.32 Å². The monoisotopic (exact) mass is 310 g/mol. The molecule has 1 atom stereocenters. The van der Waals surface area contributed by atoms with E-state index in [4.69, 9.17) is 9.47 Å². The number of hydrogen-bond donors (Lipinski definition) is 1. The van der Waals surface area contributed by atoms with Gasteiger partial charge < -0.3 is 19.7 Å². The van der Waals surface area contributed by atoms with E-state index < -0.39 is 0 Å². The van der Waals surface area contributed by atoms with Crippen LogP contribution in [-0.4, -0.2) is 57.4 Å². The van der Waals surface area contributed by atoms with Gasteiger partial charge in [0.25, 0.3) is 0 Å². The quantitative estimate of drug-likeness (QED) is 0.773. The maximum atomic E-state index is 13.4. The molecule has 5 nitrogen and oxygen atoms in total. The van der Waals surface area contributed by atoms with E-state index in [1.54, 1.807) is 13.2 Å². The summed E-state index contributed by atoms with van der Waals surface area (Å²) in [4.78, 5) is 14.2. The van der Waals surface area contributed by atoms with Crippen molar-refractivity contribution < 1.29 is 18.7 Å². The third kappa shape index (κ3) is 4.76. The molecule has 1 amide bonds. The highest BCUT2D eigenvalue weighted by Gasteiger charge is 2.27. The van der Waals surface area contributed by atoms with E-state index in [0.29, 0.717) is 39.3 Å². The van der Waals surface area contributed by atoms with Gasteiger partial charge in [0.2, 0.25) is 5.91 Å². The van der Waals surface area contributed by atoms with Gasteiger partial charge in [-0.25, -0.2) is 4.39 Å². The number of amides is 1. The van der Waals surface area contributed by atoms with Gasteiger partial charge in [0.05, 0.1) is 32.3 Å². The molecule has 1 aromatic rings. The summed E-state index contributed by atoms with van der Waals surface area (Å²) in [6.07, 6.45) is 0.329. The van der Waals surface area contributed by atoms with Crippen LogP contribution in [0.4, 0.5) is 4.39 Å². The molecule has 1 unspecified atom stereocenters. The van der Waals surface area contributed by atoms with Crippen LogP contribution in [0.5, 0.6) is 0 Å². The average Bonchev–Trinajstić information content (AvgIpc) is 2.54. The van der Waals surface area contributed by atoms with Crippen LogP contribution >= 0.6 is 0 Å². The number of carbonyl (C=O) groups is 1. The SMILES string of the molecule is COCCOCCC(=O)N1CCNCC1c1cccc(F)c1. The number of rotatable bonds is 7. The van der Waals surface area contributed by atoms with Gasteiger partial charge in [-0.2, -0.15) is 0 Å². The van der Waals surface area contributed by atoms with E-state index in [1.807, 2.05) is 11.0 Å². The Morgan fingerprint density at radius 3 is 3.05 bits per heavy atom. The topological polar surface area (TPSA) is 50.8 Å². The number of halogens is 1. The number of piperazine rings is 1. The van der Waals surface area contributed by atoms with E-state index in [1.165, 1.54) is 12.1 Å². The first-order valence-electron chi connectivity index (χ1n) is 7.54. The minimum absolute atomic E-state index is 0.0354. The van der Waals surface area contributed by atoms with E-state index in [-0.39, 0.29) is 17.8 Å². The predicted molar refractivity (Wildman–Crippen MR) is 81.0 cm³/mol. The highest BCUT2D eigenvalue weighted by atomic mass is 19.1. The van der Waals surface area contributed by atoms with Crippen LogP contribution in [0, 0.1) is 5.82 Å². The summed E-state index contributed by atoms with van der Waals surface area (Å²) in [6.45, 7) is 3.40. The van der Waals surface area contributed by atoms with Crippen molar-refractivity contribution in [1.82, 2.24) is 10.2 Å². The zero-order chi connectivity index (χ0) is 15.8. The molecule has 1 saturated heterocycles. The van der Waals surface area contributed by atoms with Crippen molar-refractivity contribution in [2.75, 3.05) is 46.6 Å². The molecule has 1 fully saturated rings. The minimum atomic E-state index is -0.279. The standard InChI is InChI=1S/C16H23FN2O3/c1-21-9-10-22-8-5-16(20)19-7-6-18-12-15(19)13-3-2-4-14(17)11-13/h2-4,11,15,18H,5-10,12H2,1H3. The number of benzene rings is 1. The number of methoxy groups -OCH3 is 1. The third-order valence-electron chi connectivity index (χ3n) is 3.69. The van der Waals surface area contributed by atoms with Crippen molar-refractivity contribution in [1.29, 1.82) is 0 Å². The largest absolute Gasteiger partial charge is 0.382 e. The number of hydrogen-bond acceptors (Lipinski definition) is 4. The van der Waals surface area contributed by atoms with Gasteiger partial charge in [-0.05, 0) is 17.7 Å². The molecule has 2 rings (SSSR count). The van der Waals surface area contributed by atoms with Gasteiger partial charge in [0.1, 0.15) is 5.82 Å². The van der Waals surface area contributed by atoms with Crippen molar-refractivity contribution in [2.24, 2.45) is 0 Å². The number of carbonyl (C=O) groups excluding carboxylic acids is 1. The van der Waals surface area contributed by atoms with Gasteiger partial charge >= 0.3 is 0 Å². The zero-order valence-electron chi connectivity index (χ0n) is 12.9. The molecule has 1 heterocycles. The summed E-state index contributed by atoms with van der Waals surface area (Å²) in [6, 6.07) is 6.31. The summed E-state index contributed by atoms with van der Waals surface area (Å²) in [5.74, 6) is -0.244. The highest BCUT2D eigenvalue weighted by Crippen LogP contribution is 2.23. The second kappa shape index (κ2) is 8.82. The Morgan fingerprint density at radius 1 is 1.41 bits per heavy atom. The van der Waals surface area contributed by atoms with Gasteiger partial charge in [0.15, 0.2) is 0 Å². The molecule has 0 saturated carbocycles.